The number of hydrazone groups is 1. The quantitative estimate of drug-likeness (QED) is 0.232. The molecule has 1 amide bonds. The van der Waals surface area contributed by atoms with Crippen LogP contribution in [-0.4, -0.2) is 17.1 Å². The Morgan fingerprint density at radius 1 is 0.829 bits per heavy atom. The topological polar surface area (TPSA) is 63.6 Å². The first-order valence-corrected chi connectivity index (χ1v) is 11.3. The van der Waals surface area contributed by atoms with Gasteiger partial charge in [0.05, 0.1) is 23.0 Å². The van der Waals surface area contributed by atoms with E-state index in [-0.39, 0.29) is 5.91 Å². The van der Waals surface area contributed by atoms with Crippen LogP contribution in [0.2, 0.25) is 0 Å². The molecule has 0 fully saturated rings. The molecule has 1 aromatic heterocycles. The Balaban J connectivity index is 1.32. The molecule has 0 atom stereocenters. The molecule has 0 aliphatic carbocycles. The van der Waals surface area contributed by atoms with E-state index in [2.05, 4.69) is 10.5 Å². The summed E-state index contributed by atoms with van der Waals surface area (Å²) in [6, 6.07) is 36.8. The van der Waals surface area contributed by atoms with Gasteiger partial charge in [-0.3, -0.25) is 4.79 Å². The molecule has 5 aromatic rings. The number of rotatable bonds is 7. The molecule has 5 rings (SSSR count). The van der Waals surface area contributed by atoms with Gasteiger partial charge in [0.2, 0.25) is 0 Å². The number of benzene rings is 4. The fourth-order valence-electron chi connectivity index (χ4n) is 3.77. The van der Waals surface area contributed by atoms with E-state index in [4.69, 9.17) is 9.72 Å². The van der Waals surface area contributed by atoms with Crippen molar-refractivity contribution in [1.82, 2.24) is 10.4 Å². The highest BCUT2D eigenvalue weighted by molar-refractivity contribution is 6.07. The molecule has 5 heteroatoms. The molecule has 35 heavy (non-hydrogen) atoms. The molecule has 0 unspecified atom stereocenters. The lowest BCUT2D eigenvalue weighted by Crippen LogP contribution is -2.18. The minimum absolute atomic E-state index is 0.298. The van der Waals surface area contributed by atoms with Gasteiger partial charge in [0.15, 0.2) is 0 Å². The van der Waals surface area contributed by atoms with Gasteiger partial charge in [0, 0.05) is 10.9 Å². The molecule has 0 aliphatic heterocycles. The zero-order valence-electron chi connectivity index (χ0n) is 19.0. The second-order valence-electron chi connectivity index (χ2n) is 7.98. The van der Waals surface area contributed by atoms with E-state index in [1.807, 2.05) is 109 Å². The Kier molecular flexibility index (Phi) is 6.58. The average molecular weight is 458 g/mol. The summed E-state index contributed by atoms with van der Waals surface area (Å²) in [7, 11) is 0. The molecule has 0 radical (unpaired) electrons. The standard InChI is InChI=1S/C30H23N3O2/c34-30(27-19-29(24-13-5-2-6-14-24)32-28-17-8-7-16-26(27)28)33-31-20-23-12-9-15-25(18-23)35-21-22-10-3-1-4-11-22/h1-20H,21H2,(H,33,34). The first-order chi connectivity index (χ1) is 17.3. The van der Waals surface area contributed by atoms with Crippen LogP contribution in [0.1, 0.15) is 21.5 Å². The third-order valence-electron chi connectivity index (χ3n) is 5.52. The van der Waals surface area contributed by atoms with Gasteiger partial charge in [0.25, 0.3) is 5.91 Å². The Hall–Kier alpha value is -4.77. The summed E-state index contributed by atoms with van der Waals surface area (Å²) in [5.74, 6) is 0.435. The first kappa shape index (κ1) is 22.0. The molecule has 0 aliphatic rings. The maximum atomic E-state index is 13.1. The number of fused-ring (bicyclic) bond motifs is 1. The first-order valence-electron chi connectivity index (χ1n) is 11.3. The second kappa shape index (κ2) is 10.4. The lowest BCUT2D eigenvalue weighted by atomic mass is 10.0. The number of para-hydroxylation sites is 1. The molecule has 5 nitrogen and oxygen atoms in total. The fourth-order valence-corrected chi connectivity index (χ4v) is 3.77. The van der Waals surface area contributed by atoms with Gasteiger partial charge in [-0.25, -0.2) is 10.4 Å². The Bertz CT molecular complexity index is 1480. The maximum absolute atomic E-state index is 13.1. The maximum Gasteiger partial charge on any atom is 0.272 e. The summed E-state index contributed by atoms with van der Waals surface area (Å²) >= 11 is 0. The van der Waals surface area contributed by atoms with Crippen LogP contribution in [0.25, 0.3) is 22.2 Å². The summed E-state index contributed by atoms with van der Waals surface area (Å²) in [6.45, 7) is 0.483. The van der Waals surface area contributed by atoms with Gasteiger partial charge in [0.1, 0.15) is 12.4 Å². The highest BCUT2D eigenvalue weighted by Crippen LogP contribution is 2.24. The smallest absolute Gasteiger partial charge is 0.272 e. The van der Waals surface area contributed by atoms with E-state index in [9.17, 15) is 4.79 Å². The van der Waals surface area contributed by atoms with Gasteiger partial charge in [-0.05, 0) is 35.4 Å². The number of aromatic nitrogens is 1. The van der Waals surface area contributed by atoms with E-state index < -0.39 is 0 Å². The zero-order valence-corrected chi connectivity index (χ0v) is 19.0. The molecule has 1 N–H and O–H groups in total. The number of carbonyl (C=O) groups is 1. The number of amides is 1. The van der Waals surface area contributed by atoms with Crippen LogP contribution in [0, 0.1) is 0 Å². The lowest BCUT2D eigenvalue weighted by Gasteiger charge is -2.09. The van der Waals surface area contributed by atoms with Crippen molar-refractivity contribution >= 4 is 23.0 Å². The summed E-state index contributed by atoms with van der Waals surface area (Å²) in [4.78, 5) is 17.8. The SMILES string of the molecule is O=C(NN=Cc1cccc(OCc2ccccc2)c1)c1cc(-c2ccccc2)nc2ccccc12. The predicted octanol–water partition coefficient (Wildman–Crippen LogP) is 6.24. The number of ether oxygens (including phenoxy) is 1. The van der Waals surface area contributed by atoms with Gasteiger partial charge >= 0.3 is 0 Å². The van der Waals surface area contributed by atoms with Gasteiger partial charge in [-0.2, -0.15) is 5.10 Å². The number of hydrogen-bond acceptors (Lipinski definition) is 4. The largest absolute Gasteiger partial charge is 0.489 e. The predicted molar refractivity (Wildman–Crippen MR) is 139 cm³/mol. The molecular weight excluding hydrogens is 434 g/mol. The van der Waals surface area contributed by atoms with Crippen LogP contribution >= 0.6 is 0 Å². The zero-order chi connectivity index (χ0) is 23.9. The molecule has 170 valence electrons. The lowest BCUT2D eigenvalue weighted by molar-refractivity contribution is 0.0956. The summed E-state index contributed by atoms with van der Waals surface area (Å²) in [5.41, 5.74) is 7.53. The van der Waals surface area contributed by atoms with Crippen molar-refractivity contribution in [1.29, 1.82) is 0 Å². The van der Waals surface area contributed by atoms with Gasteiger partial charge in [-0.15, -0.1) is 0 Å². The van der Waals surface area contributed by atoms with Gasteiger partial charge < -0.3 is 4.74 Å². The minimum Gasteiger partial charge on any atom is -0.489 e. The monoisotopic (exact) mass is 457 g/mol. The Morgan fingerprint density at radius 3 is 2.40 bits per heavy atom. The fraction of sp³-hybridized carbons (Fsp3) is 0.0333. The van der Waals surface area contributed by atoms with Crippen LogP contribution in [0.15, 0.2) is 120 Å². The number of carbonyl (C=O) groups excluding carboxylic acids is 1. The normalized spacial score (nSPS) is 11.0. The summed E-state index contributed by atoms with van der Waals surface area (Å²) in [5, 5.41) is 4.96. The third kappa shape index (κ3) is 5.42. The van der Waals surface area contributed by atoms with Crippen LogP contribution in [0.5, 0.6) is 5.75 Å². The van der Waals surface area contributed by atoms with Gasteiger partial charge in [-0.1, -0.05) is 91.0 Å². The van der Waals surface area contributed by atoms with Crippen LogP contribution in [0.3, 0.4) is 0 Å². The van der Waals surface area contributed by atoms with E-state index in [0.717, 1.165) is 39.0 Å². The van der Waals surface area contributed by atoms with Crippen molar-refractivity contribution in [3.63, 3.8) is 0 Å². The number of nitrogens with one attached hydrogen (secondary N) is 1. The van der Waals surface area contributed by atoms with Crippen molar-refractivity contribution in [3.05, 3.63) is 132 Å². The molecule has 1 heterocycles. The second-order valence-corrected chi connectivity index (χ2v) is 7.98. The van der Waals surface area contributed by atoms with Crippen molar-refractivity contribution in [2.24, 2.45) is 5.10 Å². The highest BCUT2D eigenvalue weighted by atomic mass is 16.5. The number of nitrogens with zero attached hydrogens (tertiary/aromatic N) is 2. The number of hydrogen-bond donors (Lipinski definition) is 1. The van der Waals surface area contributed by atoms with E-state index in [1.165, 1.54) is 0 Å². The van der Waals surface area contributed by atoms with Crippen LogP contribution < -0.4 is 10.2 Å². The van der Waals surface area contributed by atoms with Crippen molar-refractivity contribution in [3.8, 4) is 17.0 Å². The summed E-state index contributed by atoms with van der Waals surface area (Å²) < 4.78 is 5.88. The van der Waals surface area contributed by atoms with Crippen LogP contribution in [0.4, 0.5) is 0 Å². The van der Waals surface area contributed by atoms with E-state index in [0.29, 0.717) is 12.2 Å². The van der Waals surface area contributed by atoms with E-state index >= 15 is 0 Å². The molecule has 0 spiro atoms. The third-order valence-corrected chi connectivity index (χ3v) is 5.52. The highest BCUT2D eigenvalue weighted by Gasteiger charge is 2.13. The van der Waals surface area contributed by atoms with Crippen molar-refractivity contribution in [2.45, 2.75) is 6.61 Å². The average Bonchev–Trinajstić information content (AvgIpc) is 2.92. The van der Waals surface area contributed by atoms with Crippen molar-refractivity contribution < 1.29 is 9.53 Å². The minimum atomic E-state index is -0.298. The summed E-state index contributed by atoms with van der Waals surface area (Å²) in [6.07, 6.45) is 1.61. The number of pyridine rings is 1. The molecular formula is C30H23N3O2. The Morgan fingerprint density at radius 2 is 1.57 bits per heavy atom. The van der Waals surface area contributed by atoms with Crippen molar-refractivity contribution in [2.75, 3.05) is 0 Å². The van der Waals surface area contributed by atoms with Crippen LogP contribution in [-0.2, 0) is 6.61 Å². The molecule has 0 saturated carbocycles. The van der Waals surface area contributed by atoms with E-state index in [1.54, 1.807) is 12.3 Å². The Labute approximate surface area is 203 Å². The molecule has 4 aromatic carbocycles. The molecule has 0 saturated heterocycles. The molecule has 0 bridgehead atoms.